The molecule has 0 aliphatic carbocycles. The van der Waals surface area contributed by atoms with Crippen LogP contribution in [0.3, 0.4) is 0 Å². The molecule has 260 valence electrons. The molecule has 1 saturated heterocycles. The summed E-state index contributed by atoms with van der Waals surface area (Å²) >= 11 is 0. The number of carbonyl (C=O) groups is 1. The van der Waals surface area contributed by atoms with E-state index in [1.54, 1.807) is 6.08 Å². The number of ether oxygens (including phenoxy) is 2. The molecular formula is C35H67NO8. The van der Waals surface area contributed by atoms with Gasteiger partial charge in [0.1, 0.15) is 24.4 Å². The van der Waals surface area contributed by atoms with Gasteiger partial charge in [-0.1, -0.05) is 135 Å². The molecule has 1 rings (SSSR count). The van der Waals surface area contributed by atoms with Crippen LogP contribution in [0.5, 0.6) is 0 Å². The summed E-state index contributed by atoms with van der Waals surface area (Å²) in [7, 11) is 0. The zero-order valence-corrected chi connectivity index (χ0v) is 27.9. The van der Waals surface area contributed by atoms with E-state index in [4.69, 9.17) is 9.47 Å². The van der Waals surface area contributed by atoms with E-state index in [0.29, 0.717) is 6.42 Å². The third-order valence-electron chi connectivity index (χ3n) is 8.61. The quantitative estimate of drug-likeness (QED) is 0.0495. The van der Waals surface area contributed by atoms with Crippen LogP contribution in [0.4, 0.5) is 0 Å². The van der Waals surface area contributed by atoms with Crippen molar-refractivity contribution in [2.24, 2.45) is 0 Å². The van der Waals surface area contributed by atoms with E-state index >= 15 is 0 Å². The van der Waals surface area contributed by atoms with Crippen LogP contribution in [0, 0.1) is 0 Å². The van der Waals surface area contributed by atoms with Gasteiger partial charge in [-0.25, -0.2) is 0 Å². The summed E-state index contributed by atoms with van der Waals surface area (Å²) in [5.41, 5.74) is 0. The van der Waals surface area contributed by atoms with Crippen molar-refractivity contribution >= 4 is 5.91 Å². The fraction of sp³-hybridized carbons (Fsp3) is 0.914. The maximum absolute atomic E-state index is 12.8. The van der Waals surface area contributed by atoms with Crippen LogP contribution in [0.15, 0.2) is 12.2 Å². The fourth-order valence-corrected chi connectivity index (χ4v) is 5.62. The minimum Gasteiger partial charge on any atom is -0.394 e. The maximum atomic E-state index is 12.8. The number of unbranched alkanes of at least 4 members (excludes halogenated alkanes) is 18. The zero-order valence-electron chi connectivity index (χ0n) is 27.9. The third-order valence-corrected chi connectivity index (χ3v) is 8.61. The second-order valence-electron chi connectivity index (χ2n) is 12.7. The summed E-state index contributed by atoms with van der Waals surface area (Å²) in [5.74, 6) is -0.181. The van der Waals surface area contributed by atoms with Crippen molar-refractivity contribution in [1.82, 2.24) is 5.32 Å². The molecule has 0 aromatic heterocycles. The number of nitrogens with one attached hydrogen (secondary N) is 1. The Morgan fingerprint density at radius 3 is 1.77 bits per heavy atom. The Morgan fingerprint density at radius 2 is 1.25 bits per heavy atom. The van der Waals surface area contributed by atoms with E-state index in [1.807, 2.05) is 6.08 Å². The summed E-state index contributed by atoms with van der Waals surface area (Å²) in [6, 6.07) is -0.794. The molecular weight excluding hydrogens is 562 g/mol. The summed E-state index contributed by atoms with van der Waals surface area (Å²) in [4.78, 5) is 12.8. The topological polar surface area (TPSA) is 149 Å². The highest BCUT2D eigenvalue weighted by atomic mass is 16.7. The van der Waals surface area contributed by atoms with E-state index in [1.165, 1.54) is 89.9 Å². The van der Waals surface area contributed by atoms with Gasteiger partial charge in [0.15, 0.2) is 6.29 Å². The van der Waals surface area contributed by atoms with Crippen LogP contribution in [-0.2, 0) is 14.3 Å². The van der Waals surface area contributed by atoms with E-state index in [0.717, 1.165) is 38.5 Å². The molecule has 2 unspecified atom stereocenters. The lowest BCUT2D eigenvalue weighted by Crippen LogP contribution is -2.60. The molecule has 1 aliphatic rings. The Hall–Kier alpha value is -1.07. The molecule has 0 aromatic carbocycles. The Morgan fingerprint density at radius 1 is 0.750 bits per heavy atom. The van der Waals surface area contributed by atoms with Crippen molar-refractivity contribution in [3.8, 4) is 0 Å². The van der Waals surface area contributed by atoms with Gasteiger partial charge in [-0.15, -0.1) is 0 Å². The van der Waals surface area contributed by atoms with Crippen LogP contribution < -0.4 is 5.32 Å². The average molecular weight is 630 g/mol. The van der Waals surface area contributed by atoms with Crippen LogP contribution >= 0.6 is 0 Å². The van der Waals surface area contributed by atoms with Crippen molar-refractivity contribution in [1.29, 1.82) is 0 Å². The summed E-state index contributed by atoms with van der Waals surface area (Å²) in [5, 5.41) is 53.6. The van der Waals surface area contributed by atoms with Gasteiger partial charge in [-0.3, -0.25) is 4.79 Å². The second-order valence-corrected chi connectivity index (χ2v) is 12.7. The highest BCUT2D eigenvalue weighted by Gasteiger charge is 2.44. The van der Waals surface area contributed by atoms with Gasteiger partial charge in [-0.05, 0) is 19.3 Å². The summed E-state index contributed by atoms with van der Waals surface area (Å²) < 4.78 is 11.1. The predicted octanol–water partition coefficient (Wildman–Crippen LogP) is 5.44. The Balaban J connectivity index is 2.49. The van der Waals surface area contributed by atoms with Crippen molar-refractivity contribution < 1.29 is 39.8 Å². The molecule has 7 atom stereocenters. The number of hydrogen-bond donors (Lipinski definition) is 6. The summed E-state index contributed by atoms with van der Waals surface area (Å²) in [6.07, 6.45) is 19.7. The van der Waals surface area contributed by atoms with Gasteiger partial charge >= 0.3 is 0 Å². The van der Waals surface area contributed by atoms with Gasteiger partial charge < -0.3 is 40.3 Å². The first-order valence-corrected chi connectivity index (χ1v) is 17.9. The fourth-order valence-electron chi connectivity index (χ4n) is 5.62. The molecule has 0 spiro atoms. The minimum absolute atomic E-state index is 0.181. The Labute approximate surface area is 267 Å². The van der Waals surface area contributed by atoms with Gasteiger partial charge in [0, 0.05) is 6.42 Å². The largest absolute Gasteiger partial charge is 0.394 e. The SMILES string of the molecule is CCCCCCCCC/C=C/[C@@H](O)[C@H](CO[C@@H]1O[C@H](CO)[C@H](O)C(O)C1O)NC(=O)CCCCCCCCCCCCCC. The number of carbonyl (C=O) groups excluding carboxylic acids is 1. The normalized spacial score (nSPS) is 23.7. The predicted molar refractivity (Wildman–Crippen MR) is 175 cm³/mol. The second kappa shape index (κ2) is 27.1. The highest BCUT2D eigenvalue weighted by Crippen LogP contribution is 2.22. The molecule has 0 saturated carbocycles. The van der Waals surface area contributed by atoms with Crippen molar-refractivity contribution in [2.75, 3.05) is 13.2 Å². The number of allylic oxidation sites excluding steroid dienone is 1. The van der Waals surface area contributed by atoms with Crippen LogP contribution in [-0.4, -0.2) is 87.5 Å². The monoisotopic (exact) mass is 629 g/mol. The molecule has 6 N–H and O–H groups in total. The van der Waals surface area contributed by atoms with E-state index < -0.39 is 49.5 Å². The molecule has 1 heterocycles. The third kappa shape index (κ3) is 18.8. The first-order chi connectivity index (χ1) is 21.3. The molecule has 1 aliphatic heterocycles. The first-order valence-electron chi connectivity index (χ1n) is 17.9. The smallest absolute Gasteiger partial charge is 0.220 e. The number of hydrogen-bond acceptors (Lipinski definition) is 8. The molecule has 1 amide bonds. The van der Waals surface area contributed by atoms with E-state index in [9.17, 15) is 30.3 Å². The Kier molecular flexibility index (Phi) is 25.2. The number of aliphatic hydroxyl groups is 5. The number of rotatable bonds is 28. The van der Waals surface area contributed by atoms with Crippen LogP contribution in [0.25, 0.3) is 0 Å². The lowest BCUT2D eigenvalue weighted by molar-refractivity contribution is -0.302. The van der Waals surface area contributed by atoms with E-state index in [2.05, 4.69) is 19.2 Å². The lowest BCUT2D eigenvalue weighted by atomic mass is 9.99. The average Bonchev–Trinajstić information content (AvgIpc) is 3.02. The van der Waals surface area contributed by atoms with Gasteiger partial charge in [0.05, 0.1) is 25.4 Å². The standard InChI is InChI=1S/C35H67NO8/c1-3-5-7-9-11-13-14-15-17-19-21-23-25-31(39)36-28(29(38)24-22-20-18-16-12-10-8-6-4-2)27-43-35-34(42)33(41)32(40)30(26-37)44-35/h22,24,28-30,32-35,37-38,40-42H,3-21,23,25-27H2,1-2H3,(H,36,39)/b24-22+/t28-,29+,30+,32-,33?,34?,35+/m0/s1. The minimum atomic E-state index is -1.56. The molecule has 1 fully saturated rings. The molecule has 0 bridgehead atoms. The van der Waals surface area contributed by atoms with Crippen molar-refractivity contribution in [2.45, 2.75) is 192 Å². The van der Waals surface area contributed by atoms with Gasteiger partial charge in [-0.2, -0.15) is 0 Å². The summed E-state index contributed by atoms with van der Waals surface area (Å²) in [6.45, 7) is 3.70. The van der Waals surface area contributed by atoms with E-state index in [-0.39, 0.29) is 12.5 Å². The number of aliphatic hydroxyl groups excluding tert-OH is 5. The van der Waals surface area contributed by atoms with Crippen LogP contribution in [0.2, 0.25) is 0 Å². The van der Waals surface area contributed by atoms with Crippen molar-refractivity contribution in [3.05, 3.63) is 12.2 Å². The number of amides is 1. The lowest BCUT2D eigenvalue weighted by Gasteiger charge is -2.40. The zero-order chi connectivity index (χ0) is 32.4. The van der Waals surface area contributed by atoms with Crippen LogP contribution in [0.1, 0.15) is 149 Å². The molecule has 9 nitrogen and oxygen atoms in total. The molecule has 9 heteroatoms. The van der Waals surface area contributed by atoms with Gasteiger partial charge in [0.2, 0.25) is 5.91 Å². The Bertz CT molecular complexity index is 706. The maximum Gasteiger partial charge on any atom is 0.220 e. The van der Waals surface area contributed by atoms with Crippen molar-refractivity contribution in [3.63, 3.8) is 0 Å². The first kappa shape index (κ1) is 41.0. The molecule has 0 aromatic rings. The highest BCUT2D eigenvalue weighted by molar-refractivity contribution is 5.76. The molecule has 0 radical (unpaired) electrons. The molecule has 44 heavy (non-hydrogen) atoms. The van der Waals surface area contributed by atoms with Gasteiger partial charge in [0.25, 0.3) is 0 Å².